The molecule has 0 saturated heterocycles. The molecular weight excluding hydrogens is 556 g/mol. The molecule has 0 saturated carbocycles. The van der Waals surface area contributed by atoms with Crippen molar-refractivity contribution in [1.82, 2.24) is 0 Å². The molecule has 5 aromatic carbocycles. The minimum absolute atomic E-state index is 0.264. The van der Waals surface area contributed by atoms with Gasteiger partial charge in [-0.3, -0.25) is 0 Å². The monoisotopic (exact) mass is 569 g/mol. The highest BCUT2D eigenvalue weighted by atomic mass is 79.9. The fraction of sp³-hybridized carbons (Fsp3) is 0. The molecule has 0 N–H and O–H groups in total. The second kappa shape index (κ2) is 6.40. The number of anilines is 3. The van der Waals surface area contributed by atoms with Gasteiger partial charge in [0.15, 0.2) is 0 Å². The Balaban J connectivity index is 1.46. The van der Waals surface area contributed by atoms with Crippen molar-refractivity contribution in [3.63, 3.8) is 0 Å². The molecule has 160 valence electrons. The number of benzene rings is 5. The molecule has 0 fully saturated rings. The first-order valence-electron chi connectivity index (χ1n) is 12.0. The third-order valence-corrected chi connectivity index (χ3v) is 9.34. The third kappa shape index (κ3) is 2.19. The Kier molecular flexibility index (Phi) is 3.51. The Labute approximate surface area is 221 Å². The number of para-hydroxylation sites is 1. The molecule has 0 atom stereocenters. The van der Waals surface area contributed by atoms with E-state index in [2.05, 4.69) is 128 Å². The SMILES string of the molecule is Brc1ccc2c(c1)-c1cccc3c1B2c1cccc2c1N3c1cc(Br)cc3c1B2c1ccccc1-3. The molecule has 5 aromatic rings. The first kappa shape index (κ1) is 19.2. The molecule has 4 aliphatic heterocycles. The zero-order chi connectivity index (χ0) is 23.0. The van der Waals surface area contributed by atoms with Crippen molar-refractivity contribution in [2.75, 3.05) is 4.90 Å². The largest absolute Gasteiger partial charge is 0.312 e. The van der Waals surface area contributed by atoms with Gasteiger partial charge in [-0.05, 0) is 74.4 Å². The van der Waals surface area contributed by atoms with Gasteiger partial charge in [-0.25, -0.2) is 0 Å². The van der Waals surface area contributed by atoms with Crippen molar-refractivity contribution in [2.45, 2.75) is 0 Å². The molecule has 0 spiro atoms. The van der Waals surface area contributed by atoms with E-state index in [1.54, 1.807) is 0 Å². The van der Waals surface area contributed by atoms with Crippen molar-refractivity contribution in [3.8, 4) is 22.3 Å². The highest BCUT2D eigenvalue weighted by Crippen LogP contribution is 2.44. The van der Waals surface area contributed by atoms with E-state index in [4.69, 9.17) is 0 Å². The van der Waals surface area contributed by atoms with Crippen LogP contribution in [0, 0.1) is 0 Å². The van der Waals surface area contributed by atoms with E-state index in [0.717, 1.165) is 8.95 Å². The summed E-state index contributed by atoms with van der Waals surface area (Å²) in [5.74, 6) is 0. The lowest BCUT2D eigenvalue weighted by molar-refractivity contribution is 1.30. The van der Waals surface area contributed by atoms with E-state index in [-0.39, 0.29) is 13.4 Å². The van der Waals surface area contributed by atoms with Crippen molar-refractivity contribution in [2.24, 2.45) is 0 Å². The summed E-state index contributed by atoms with van der Waals surface area (Å²) in [7, 11) is 0. The van der Waals surface area contributed by atoms with Crippen LogP contribution >= 0.6 is 31.9 Å². The summed E-state index contributed by atoms with van der Waals surface area (Å²) in [5, 5.41) is 0. The van der Waals surface area contributed by atoms with Gasteiger partial charge in [0.05, 0.1) is 0 Å². The number of rotatable bonds is 0. The first-order chi connectivity index (χ1) is 17.2. The molecule has 0 aliphatic carbocycles. The van der Waals surface area contributed by atoms with Gasteiger partial charge in [-0.2, -0.15) is 0 Å². The number of fused-ring (bicyclic) bond motifs is 10. The summed E-state index contributed by atoms with van der Waals surface area (Å²) in [5.41, 5.74) is 18.0. The van der Waals surface area contributed by atoms with Gasteiger partial charge in [-0.1, -0.05) is 103 Å². The number of hydrogen-bond acceptors (Lipinski definition) is 1. The fourth-order valence-corrected chi connectivity index (χ4v) is 8.05. The van der Waals surface area contributed by atoms with Crippen LogP contribution in [0.2, 0.25) is 0 Å². The van der Waals surface area contributed by atoms with Crippen molar-refractivity contribution in [1.29, 1.82) is 0 Å². The van der Waals surface area contributed by atoms with Crippen LogP contribution in [0.1, 0.15) is 0 Å². The molecule has 0 radical (unpaired) electrons. The van der Waals surface area contributed by atoms with Crippen molar-refractivity contribution in [3.05, 3.63) is 99.9 Å². The van der Waals surface area contributed by atoms with E-state index >= 15 is 0 Å². The van der Waals surface area contributed by atoms with E-state index in [9.17, 15) is 0 Å². The normalized spacial score (nSPS) is 14.4. The average Bonchev–Trinajstić information content (AvgIpc) is 3.38. The molecule has 0 aromatic heterocycles. The van der Waals surface area contributed by atoms with Crippen LogP contribution in [0.15, 0.2) is 99.9 Å². The Morgan fingerprint density at radius 1 is 0.486 bits per heavy atom. The minimum atomic E-state index is 0.264. The van der Waals surface area contributed by atoms with Gasteiger partial charge >= 0.3 is 0 Å². The van der Waals surface area contributed by atoms with Crippen LogP contribution in [0.3, 0.4) is 0 Å². The highest BCUT2D eigenvalue weighted by Gasteiger charge is 2.49. The summed E-state index contributed by atoms with van der Waals surface area (Å²) >= 11 is 7.59. The Hall–Kier alpha value is -3.01. The van der Waals surface area contributed by atoms with Crippen LogP contribution in [0.4, 0.5) is 17.1 Å². The maximum atomic E-state index is 3.86. The van der Waals surface area contributed by atoms with Gasteiger partial charge in [0.25, 0.3) is 0 Å². The van der Waals surface area contributed by atoms with Crippen LogP contribution in [-0.2, 0) is 0 Å². The van der Waals surface area contributed by atoms with Crippen molar-refractivity contribution < 1.29 is 0 Å². The second-order valence-corrected chi connectivity index (χ2v) is 11.8. The van der Waals surface area contributed by atoms with Crippen molar-refractivity contribution >= 4 is 95.1 Å². The molecule has 1 nitrogen and oxygen atoms in total. The van der Waals surface area contributed by atoms with E-state index < -0.39 is 0 Å². The Morgan fingerprint density at radius 3 is 2.00 bits per heavy atom. The van der Waals surface area contributed by atoms with Gasteiger partial charge in [0, 0.05) is 26.0 Å². The zero-order valence-electron chi connectivity index (χ0n) is 18.5. The molecule has 4 aliphatic rings. The fourth-order valence-electron chi connectivity index (χ4n) is 7.24. The van der Waals surface area contributed by atoms with Crippen LogP contribution in [0.25, 0.3) is 22.3 Å². The molecule has 0 amide bonds. The lowest BCUT2D eigenvalue weighted by Crippen LogP contribution is -2.62. The highest BCUT2D eigenvalue weighted by molar-refractivity contribution is 9.10. The van der Waals surface area contributed by atoms with Crippen LogP contribution < -0.4 is 37.7 Å². The molecular formula is C30H15B2Br2N. The first-order valence-corrected chi connectivity index (χ1v) is 13.6. The molecule has 5 heteroatoms. The molecule has 0 bridgehead atoms. The third-order valence-electron chi connectivity index (χ3n) is 8.39. The maximum Gasteiger partial charge on any atom is 0.248 e. The lowest BCUT2D eigenvalue weighted by Gasteiger charge is -2.42. The van der Waals surface area contributed by atoms with Gasteiger partial charge in [-0.15, -0.1) is 0 Å². The predicted molar refractivity (Wildman–Crippen MR) is 157 cm³/mol. The van der Waals surface area contributed by atoms with E-state index in [1.807, 2.05) is 0 Å². The van der Waals surface area contributed by atoms with Crippen LogP contribution in [0.5, 0.6) is 0 Å². The smallest absolute Gasteiger partial charge is 0.248 e. The number of hydrogen-bond donors (Lipinski definition) is 0. The zero-order valence-corrected chi connectivity index (χ0v) is 21.7. The Bertz CT molecular complexity index is 1810. The summed E-state index contributed by atoms with van der Waals surface area (Å²) in [6.07, 6.45) is 0. The number of halogens is 2. The number of nitrogens with zero attached hydrogens (tertiary/aromatic N) is 1. The Morgan fingerprint density at radius 2 is 1.14 bits per heavy atom. The van der Waals surface area contributed by atoms with E-state index in [0.29, 0.717) is 0 Å². The quantitative estimate of drug-likeness (QED) is 0.246. The van der Waals surface area contributed by atoms with Gasteiger partial charge in [0.1, 0.15) is 0 Å². The maximum absolute atomic E-state index is 3.86. The second-order valence-electron chi connectivity index (χ2n) is 9.93. The molecule has 35 heavy (non-hydrogen) atoms. The summed E-state index contributed by atoms with van der Waals surface area (Å²) < 4.78 is 2.26. The standard InChI is InChI=1S/C30H15B2Br2N/c33-16-11-12-23-20(13-16)19-6-3-10-26-28(19)32(23)25-9-4-8-24-30(25)35(26)27-15-17(34)14-21-18-5-1-2-7-22(18)31(24)29(21)27/h1-15H. The predicted octanol–water partition coefficient (Wildman–Crippen LogP) is 4.30. The molecule has 4 heterocycles. The molecule has 9 rings (SSSR count). The van der Waals surface area contributed by atoms with Gasteiger partial charge in [0.2, 0.25) is 13.4 Å². The summed E-state index contributed by atoms with van der Waals surface area (Å²) in [4.78, 5) is 2.56. The average molecular weight is 571 g/mol. The summed E-state index contributed by atoms with van der Waals surface area (Å²) in [6, 6.07) is 34.3. The minimum Gasteiger partial charge on any atom is -0.312 e. The topological polar surface area (TPSA) is 3.24 Å². The summed E-state index contributed by atoms with van der Waals surface area (Å²) in [6.45, 7) is 0.534. The lowest BCUT2D eigenvalue weighted by atomic mass is 9.32. The molecule has 0 unspecified atom stereocenters. The van der Waals surface area contributed by atoms with Crippen LogP contribution in [-0.4, -0.2) is 13.4 Å². The van der Waals surface area contributed by atoms with E-state index in [1.165, 1.54) is 72.1 Å². The van der Waals surface area contributed by atoms with Gasteiger partial charge < -0.3 is 4.90 Å².